The van der Waals surface area contributed by atoms with Gasteiger partial charge < -0.3 is 14.9 Å². The monoisotopic (exact) mass is 340 g/mol. The van der Waals surface area contributed by atoms with E-state index in [9.17, 15) is 10.2 Å². The van der Waals surface area contributed by atoms with Crippen molar-refractivity contribution in [3.8, 4) is 0 Å². The Morgan fingerprint density at radius 1 is 1.04 bits per heavy atom. The summed E-state index contributed by atoms with van der Waals surface area (Å²) in [4.78, 5) is 0. The molecule has 0 bridgehead atoms. The molecule has 1 aliphatic rings. The molecule has 0 unspecified atom stereocenters. The first-order chi connectivity index (χ1) is 12.1. The van der Waals surface area contributed by atoms with Crippen molar-refractivity contribution in [2.75, 3.05) is 6.61 Å². The van der Waals surface area contributed by atoms with Crippen LogP contribution in [0.2, 0.25) is 0 Å². The molecule has 0 saturated carbocycles. The molecule has 0 amide bonds. The van der Waals surface area contributed by atoms with Crippen molar-refractivity contribution in [3.05, 3.63) is 70.3 Å². The summed E-state index contributed by atoms with van der Waals surface area (Å²) in [7, 11) is 0. The maximum absolute atomic E-state index is 10.1. The number of aliphatic hydroxyl groups is 2. The van der Waals surface area contributed by atoms with Gasteiger partial charge in [0.2, 0.25) is 0 Å². The minimum atomic E-state index is -0.415. The molecule has 0 radical (unpaired) electrons. The lowest BCUT2D eigenvalue weighted by Crippen LogP contribution is -2.33. The predicted octanol–water partition coefficient (Wildman–Crippen LogP) is 3.72. The normalized spacial score (nSPS) is 23.6. The molecule has 0 spiro atoms. The van der Waals surface area contributed by atoms with Gasteiger partial charge in [-0.1, -0.05) is 49.4 Å². The maximum Gasteiger partial charge on any atom is 0.0854 e. The third-order valence-corrected chi connectivity index (χ3v) is 5.15. The maximum atomic E-state index is 10.1. The van der Waals surface area contributed by atoms with Crippen molar-refractivity contribution in [2.24, 2.45) is 0 Å². The molecule has 1 saturated heterocycles. The van der Waals surface area contributed by atoms with Crippen LogP contribution in [0.25, 0.3) is 0 Å². The fraction of sp³-hybridized carbons (Fsp3) is 0.455. The minimum Gasteiger partial charge on any atom is -0.394 e. The zero-order valence-electron chi connectivity index (χ0n) is 15.1. The number of hydrogen-bond donors (Lipinski definition) is 2. The number of rotatable bonds is 5. The second-order valence-electron chi connectivity index (χ2n) is 7.09. The first kappa shape index (κ1) is 18.1. The van der Waals surface area contributed by atoms with Crippen LogP contribution >= 0.6 is 0 Å². The number of aliphatic hydroxyl groups excluding tert-OH is 2. The van der Waals surface area contributed by atoms with E-state index >= 15 is 0 Å². The predicted molar refractivity (Wildman–Crippen MR) is 99.7 cm³/mol. The van der Waals surface area contributed by atoms with Crippen molar-refractivity contribution in [1.82, 2.24) is 0 Å². The third kappa shape index (κ3) is 4.49. The van der Waals surface area contributed by atoms with Crippen LogP contribution in [0.15, 0.2) is 42.5 Å². The van der Waals surface area contributed by atoms with E-state index in [4.69, 9.17) is 4.74 Å². The van der Waals surface area contributed by atoms with Gasteiger partial charge in [-0.2, -0.15) is 0 Å². The SMILES string of the molecule is CCc1ccc(Cc2cc([C@H]3C[C@@H](O)C[C@@H](CO)O3)ccc2C)cc1. The zero-order chi connectivity index (χ0) is 17.8. The Balaban J connectivity index is 1.79. The molecule has 3 rings (SSSR count). The van der Waals surface area contributed by atoms with E-state index < -0.39 is 6.10 Å². The third-order valence-electron chi connectivity index (χ3n) is 5.15. The van der Waals surface area contributed by atoms with E-state index in [2.05, 4.69) is 56.3 Å². The smallest absolute Gasteiger partial charge is 0.0854 e. The van der Waals surface area contributed by atoms with Crippen LogP contribution in [0.4, 0.5) is 0 Å². The van der Waals surface area contributed by atoms with Crippen LogP contribution in [0.5, 0.6) is 0 Å². The molecule has 3 heteroatoms. The molecular formula is C22H28O3. The van der Waals surface area contributed by atoms with Crippen molar-refractivity contribution in [1.29, 1.82) is 0 Å². The van der Waals surface area contributed by atoms with Crippen molar-refractivity contribution < 1.29 is 14.9 Å². The van der Waals surface area contributed by atoms with Crippen LogP contribution in [-0.4, -0.2) is 29.0 Å². The number of aryl methyl sites for hydroxylation is 2. The summed E-state index contributed by atoms with van der Waals surface area (Å²) in [6, 6.07) is 15.2. The van der Waals surface area contributed by atoms with Gasteiger partial charge in [0.15, 0.2) is 0 Å². The van der Waals surface area contributed by atoms with Gasteiger partial charge in [-0.15, -0.1) is 0 Å². The Bertz CT molecular complexity index is 693. The molecule has 2 N–H and O–H groups in total. The Labute approximate surface area is 150 Å². The summed E-state index contributed by atoms with van der Waals surface area (Å²) in [5, 5.41) is 19.4. The standard InChI is InChI=1S/C22H28O3/c1-3-16-5-7-17(8-6-16)10-19-11-18(9-4-15(19)2)22-13-20(24)12-21(14-23)25-22/h4-9,11,20-24H,3,10,12-14H2,1-2H3/t20-,21-,22+/m0/s1. The largest absolute Gasteiger partial charge is 0.394 e. The summed E-state index contributed by atoms with van der Waals surface area (Å²) in [6.45, 7) is 4.25. The minimum absolute atomic E-state index is 0.0456. The molecule has 2 aromatic rings. The highest BCUT2D eigenvalue weighted by molar-refractivity contribution is 5.37. The molecule has 0 aliphatic carbocycles. The average molecular weight is 340 g/mol. The van der Waals surface area contributed by atoms with Crippen LogP contribution < -0.4 is 0 Å². The lowest BCUT2D eigenvalue weighted by Gasteiger charge is -2.32. The van der Waals surface area contributed by atoms with Gasteiger partial charge in [0.25, 0.3) is 0 Å². The Morgan fingerprint density at radius 3 is 2.44 bits per heavy atom. The number of benzene rings is 2. The van der Waals surface area contributed by atoms with E-state index in [0.717, 1.165) is 18.4 Å². The molecule has 1 heterocycles. The fourth-order valence-corrected chi connectivity index (χ4v) is 3.52. The summed E-state index contributed by atoms with van der Waals surface area (Å²) < 4.78 is 5.96. The van der Waals surface area contributed by atoms with Gasteiger partial charge in [0.1, 0.15) is 0 Å². The first-order valence-electron chi connectivity index (χ1n) is 9.20. The summed E-state index contributed by atoms with van der Waals surface area (Å²) in [5.41, 5.74) is 6.29. The lowest BCUT2D eigenvalue weighted by atomic mass is 9.92. The molecule has 134 valence electrons. The van der Waals surface area contributed by atoms with Gasteiger partial charge in [-0.25, -0.2) is 0 Å². The Morgan fingerprint density at radius 2 is 1.76 bits per heavy atom. The van der Waals surface area contributed by atoms with Crippen molar-refractivity contribution in [2.45, 2.75) is 57.8 Å². The molecular weight excluding hydrogens is 312 g/mol. The van der Waals surface area contributed by atoms with E-state index in [-0.39, 0.29) is 18.8 Å². The van der Waals surface area contributed by atoms with E-state index in [0.29, 0.717) is 12.8 Å². The van der Waals surface area contributed by atoms with Crippen molar-refractivity contribution >= 4 is 0 Å². The lowest BCUT2D eigenvalue weighted by molar-refractivity contribution is -0.113. The highest BCUT2D eigenvalue weighted by Crippen LogP contribution is 2.32. The number of ether oxygens (including phenoxy) is 1. The molecule has 0 aromatic heterocycles. The molecule has 3 atom stereocenters. The van der Waals surface area contributed by atoms with Gasteiger partial charge in [0, 0.05) is 12.8 Å². The highest BCUT2D eigenvalue weighted by atomic mass is 16.5. The van der Waals surface area contributed by atoms with E-state index in [1.54, 1.807) is 0 Å². The summed E-state index contributed by atoms with van der Waals surface area (Å²) in [6.07, 6.45) is 2.20. The highest BCUT2D eigenvalue weighted by Gasteiger charge is 2.29. The van der Waals surface area contributed by atoms with Gasteiger partial charge >= 0.3 is 0 Å². The quantitative estimate of drug-likeness (QED) is 0.872. The van der Waals surface area contributed by atoms with E-state index in [1.165, 1.54) is 22.3 Å². The van der Waals surface area contributed by atoms with Gasteiger partial charge in [-0.3, -0.25) is 0 Å². The van der Waals surface area contributed by atoms with Gasteiger partial charge in [-0.05, 0) is 47.6 Å². The van der Waals surface area contributed by atoms with Crippen LogP contribution in [0.1, 0.15) is 53.7 Å². The average Bonchev–Trinajstić information content (AvgIpc) is 2.63. The second-order valence-corrected chi connectivity index (χ2v) is 7.09. The van der Waals surface area contributed by atoms with Crippen LogP contribution in [-0.2, 0) is 17.6 Å². The molecule has 25 heavy (non-hydrogen) atoms. The topological polar surface area (TPSA) is 49.7 Å². The van der Waals surface area contributed by atoms with Gasteiger partial charge in [0.05, 0.1) is 24.9 Å². The van der Waals surface area contributed by atoms with Crippen LogP contribution in [0.3, 0.4) is 0 Å². The van der Waals surface area contributed by atoms with Crippen LogP contribution in [0, 0.1) is 6.92 Å². The Hall–Kier alpha value is -1.68. The molecule has 1 fully saturated rings. The molecule has 3 nitrogen and oxygen atoms in total. The fourth-order valence-electron chi connectivity index (χ4n) is 3.52. The zero-order valence-corrected chi connectivity index (χ0v) is 15.1. The first-order valence-corrected chi connectivity index (χ1v) is 9.20. The number of hydrogen-bond acceptors (Lipinski definition) is 3. The second kappa shape index (κ2) is 8.13. The summed E-state index contributed by atoms with van der Waals surface area (Å²) in [5.74, 6) is 0. The molecule has 1 aliphatic heterocycles. The molecule has 2 aromatic carbocycles. The summed E-state index contributed by atoms with van der Waals surface area (Å²) >= 11 is 0. The Kier molecular flexibility index (Phi) is 5.89. The van der Waals surface area contributed by atoms with E-state index in [1.807, 2.05) is 0 Å². The van der Waals surface area contributed by atoms with Crippen molar-refractivity contribution in [3.63, 3.8) is 0 Å².